The summed E-state index contributed by atoms with van der Waals surface area (Å²) in [6.45, 7) is 1.69. The van der Waals surface area contributed by atoms with Gasteiger partial charge in [0.1, 0.15) is 12.1 Å². The number of aromatic nitrogens is 1. The van der Waals surface area contributed by atoms with Gasteiger partial charge in [0.25, 0.3) is 0 Å². The van der Waals surface area contributed by atoms with Crippen LogP contribution in [0, 0.1) is 9.49 Å². The Kier molecular flexibility index (Phi) is 4.46. The third kappa shape index (κ3) is 3.09. The van der Waals surface area contributed by atoms with Crippen LogP contribution >= 0.6 is 34.2 Å². The maximum atomic E-state index is 10.8. The molecule has 0 spiro atoms. The van der Waals surface area contributed by atoms with Gasteiger partial charge in [-0.25, -0.2) is 0 Å². The van der Waals surface area contributed by atoms with E-state index in [2.05, 4.69) is 27.6 Å². The Morgan fingerprint density at radius 3 is 3.05 bits per heavy atom. The summed E-state index contributed by atoms with van der Waals surface area (Å²) in [4.78, 5) is 15.1. The minimum Gasteiger partial charge on any atom is -0.489 e. The molecule has 0 saturated carbocycles. The molecule has 0 aliphatic rings. The lowest BCUT2D eigenvalue weighted by Gasteiger charge is -2.13. The summed E-state index contributed by atoms with van der Waals surface area (Å²) in [5.74, 6) is -0.889. The molecular formula is C13H11ClINO3. The number of hydrogen-bond acceptors (Lipinski definition) is 3. The van der Waals surface area contributed by atoms with Crippen LogP contribution in [0.4, 0.5) is 0 Å². The molecule has 6 heteroatoms. The van der Waals surface area contributed by atoms with Gasteiger partial charge in [-0.2, -0.15) is 0 Å². The number of carbonyl (C=O) groups is 1. The van der Waals surface area contributed by atoms with Crippen molar-refractivity contribution in [2.24, 2.45) is 5.92 Å². The van der Waals surface area contributed by atoms with Crippen molar-refractivity contribution in [1.29, 1.82) is 0 Å². The van der Waals surface area contributed by atoms with E-state index in [1.54, 1.807) is 25.3 Å². The minimum atomic E-state index is -0.888. The van der Waals surface area contributed by atoms with E-state index in [4.69, 9.17) is 21.4 Å². The molecule has 0 saturated heterocycles. The predicted octanol–water partition coefficient (Wildman–Crippen LogP) is 3.59. The Bertz CT molecular complexity index is 633. The summed E-state index contributed by atoms with van der Waals surface area (Å²) in [5.41, 5.74) is 0.650. The summed E-state index contributed by atoms with van der Waals surface area (Å²) >= 11 is 8.25. The van der Waals surface area contributed by atoms with Gasteiger partial charge in [-0.3, -0.25) is 9.78 Å². The van der Waals surface area contributed by atoms with E-state index in [-0.39, 0.29) is 6.61 Å². The second-order valence-electron chi connectivity index (χ2n) is 4.12. The molecule has 0 radical (unpaired) electrons. The number of benzene rings is 1. The van der Waals surface area contributed by atoms with Gasteiger partial charge in [0, 0.05) is 11.6 Å². The van der Waals surface area contributed by atoms with Crippen LogP contribution in [0.3, 0.4) is 0 Å². The van der Waals surface area contributed by atoms with Crippen molar-refractivity contribution in [2.45, 2.75) is 6.92 Å². The number of ether oxygens (including phenoxy) is 1. The summed E-state index contributed by atoms with van der Waals surface area (Å²) in [5, 5.41) is 10.3. The van der Waals surface area contributed by atoms with Gasteiger partial charge in [-0.05, 0) is 47.7 Å². The van der Waals surface area contributed by atoms with Gasteiger partial charge in [-0.1, -0.05) is 11.6 Å². The molecule has 1 aromatic heterocycles. The lowest BCUT2D eigenvalue weighted by Crippen LogP contribution is -2.18. The van der Waals surface area contributed by atoms with Crippen LogP contribution in [0.5, 0.6) is 5.75 Å². The number of fused-ring (bicyclic) bond motifs is 1. The van der Waals surface area contributed by atoms with Crippen molar-refractivity contribution in [2.75, 3.05) is 6.61 Å². The molecule has 1 unspecified atom stereocenters. The minimum absolute atomic E-state index is 0.0959. The van der Waals surface area contributed by atoms with E-state index in [0.29, 0.717) is 16.3 Å². The zero-order chi connectivity index (χ0) is 14.0. The number of halogens is 2. The van der Waals surface area contributed by atoms with Crippen LogP contribution in [0.1, 0.15) is 6.92 Å². The molecule has 1 atom stereocenters. The fourth-order valence-corrected chi connectivity index (χ4v) is 2.73. The molecule has 2 aromatic rings. The van der Waals surface area contributed by atoms with E-state index in [0.717, 1.165) is 8.96 Å². The molecule has 1 aromatic carbocycles. The first-order valence-corrected chi connectivity index (χ1v) is 7.04. The number of nitrogens with zero attached hydrogens (tertiary/aromatic N) is 1. The second kappa shape index (κ2) is 5.92. The number of carboxylic acids is 1. The van der Waals surface area contributed by atoms with Gasteiger partial charge in [-0.15, -0.1) is 0 Å². The van der Waals surface area contributed by atoms with Crippen molar-refractivity contribution >= 4 is 51.1 Å². The van der Waals surface area contributed by atoms with Crippen LogP contribution in [-0.2, 0) is 4.79 Å². The highest BCUT2D eigenvalue weighted by Crippen LogP contribution is 2.34. The summed E-state index contributed by atoms with van der Waals surface area (Å²) < 4.78 is 6.43. The molecular weight excluding hydrogens is 381 g/mol. The average Bonchev–Trinajstić information content (AvgIpc) is 2.38. The average molecular weight is 392 g/mol. The molecule has 0 fully saturated rings. The molecule has 0 aliphatic heterocycles. The number of pyridine rings is 1. The van der Waals surface area contributed by atoms with Crippen molar-refractivity contribution in [3.63, 3.8) is 0 Å². The van der Waals surface area contributed by atoms with Gasteiger partial charge in [0.05, 0.1) is 14.5 Å². The highest BCUT2D eigenvalue weighted by Gasteiger charge is 2.16. The van der Waals surface area contributed by atoms with E-state index in [1.165, 1.54) is 0 Å². The van der Waals surface area contributed by atoms with Crippen LogP contribution in [-0.4, -0.2) is 22.7 Å². The van der Waals surface area contributed by atoms with Crippen LogP contribution in [0.2, 0.25) is 5.02 Å². The molecule has 0 bridgehead atoms. The zero-order valence-corrected chi connectivity index (χ0v) is 13.0. The summed E-state index contributed by atoms with van der Waals surface area (Å²) in [6.07, 6.45) is 1.65. The quantitative estimate of drug-likeness (QED) is 0.809. The van der Waals surface area contributed by atoms with Crippen molar-refractivity contribution in [1.82, 2.24) is 4.98 Å². The maximum Gasteiger partial charge on any atom is 0.309 e. The Balaban J connectivity index is 2.40. The third-order valence-electron chi connectivity index (χ3n) is 2.65. The Hall–Kier alpha value is -1.08. The third-order valence-corrected chi connectivity index (χ3v) is 3.76. The smallest absolute Gasteiger partial charge is 0.309 e. The number of aliphatic carboxylic acids is 1. The monoisotopic (exact) mass is 391 g/mol. The van der Waals surface area contributed by atoms with E-state index in [1.807, 2.05) is 6.07 Å². The topological polar surface area (TPSA) is 59.4 Å². The lowest BCUT2D eigenvalue weighted by molar-refractivity contribution is -0.142. The normalized spacial score (nSPS) is 12.4. The molecule has 1 heterocycles. The van der Waals surface area contributed by atoms with Crippen LogP contribution in [0.25, 0.3) is 10.9 Å². The zero-order valence-electron chi connectivity index (χ0n) is 10.1. The highest BCUT2D eigenvalue weighted by molar-refractivity contribution is 14.1. The van der Waals surface area contributed by atoms with Crippen LogP contribution < -0.4 is 4.74 Å². The largest absolute Gasteiger partial charge is 0.489 e. The van der Waals surface area contributed by atoms with E-state index < -0.39 is 11.9 Å². The van der Waals surface area contributed by atoms with Gasteiger partial charge in [0.15, 0.2) is 5.75 Å². The fourth-order valence-electron chi connectivity index (χ4n) is 1.56. The standard InChI is InChI=1S/C13H11ClINO3/c1-7(13(17)18)6-19-12-10(15)5-9(14)8-3-2-4-16-11(8)12/h2-5,7H,6H2,1H3,(H,17,18). The van der Waals surface area contributed by atoms with Crippen molar-refractivity contribution in [3.05, 3.63) is 33.0 Å². The Labute approximate surface area is 128 Å². The lowest BCUT2D eigenvalue weighted by atomic mass is 10.2. The number of hydrogen-bond donors (Lipinski definition) is 1. The van der Waals surface area contributed by atoms with Crippen molar-refractivity contribution in [3.8, 4) is 5.75 Å². The fraction of sp³-hybridized carbons (Fsp3) is 0.231. The number of carboxylic acid groups (broad SMARTS) is 1. The molecule has 0 amide bonds. The molecule has 19 heavy (non-hydrogen) atoms. The first-order valence-electron chi connectivity index (χ1n) is 5.59. The molecule has 0 aliphatic carbocycles. The van der Waals surface area contributed by atoms with Gasteiger partial charge < -0.3 is 9.84 Å². The van der Waals surface area contributed by atoms with Gasteiger partial charge >= 0.3 is 5.97 Å². The second-order valence-corrected chi connectivity index (χ2v) is 5.69. The van der Waals surface area contributed by atoms with Crippen LogP contribution in [0.15, 0.2) is 24.4 Å². The Morgan fingerprint density at radius 2 is 2.37 bits per heavy atom. The first kappa shape index (κ1) is 14.3. The summed E-state index contributed by atoms with van der Waals surface area (Å²) in [6, 6.07) is 5.44. The summed E-state index contributed by atoms with van der Waals surface area (Å²) in [7, 11) is 0. The highest BCUT2D eigenvalue weighted by atomic mass is 127. The Morgan fingerprint density at radius 1 is 1.63 bits per heavy atom. The molecule has 4 nitrogen and oxygen atoms in total. The van der Waals surface area contributed by atoms with E-state index in [9.17, 15) is 4.79 Å². The first-order chi connectivity index (χ1) is 9.00. The van der Waals surface area contributed by atoms with E-state index >= 15 is 0 Å². The maximum absolute atomic E-state index is 10.8. The molecule has 1 N–H and O–H groups in total. The molecule has 2 rings (SSSR count). The SMILES string of the molecule is CC(COc1c(I)cc(Cl)c2cccnc12)C(=O)O. The predicted molar refractivity (Wildman–Crippen MR) is 81.8 cm³/mol. The van der Waals surface area contributed by atoms with Gasteiger partial charge in [0.2, 0.25) is 0 Å². The molecule has 100 valence electrons. The number of rotatable bonds is 4. The van der Waals surface area contributed by atoms with Crippen molar-refractivity contribution < 1.29 is 14.6 Å².